The molecule has 1 atom stereocenters. The van der Waals surface area contributed by atoms with Crippen molar-refractivity contribution in [1.82, 2.24) is 4.90 Å². The van der Waals surface area contributed by atoms with Crippen molar-refractivity contribution in [3.63, 3.8) is 0 Å². The van der Waals surface area contributed by atoms with Crippen molar-refractivity contribution in [2.45, 2.75) is 6.04 Å². The number of ether oxygens (including phenoxy) is 1. The molecule has 1 saturated heterocycles. The highest BCUT2D eigenvalue weighted by atomic mass is 32.1. The maximum Gasteiger partial charge on any atom is 0.290 e. The molecule has 1 amide bonds. The van der Waals surface area contributed by atoms with Crippen LogP contribution in [0.1, 0.15) is 21.3 Å². The first kappa shape index (κ1) is 19.8. The summed E-state index contributed by atoms with van der Waals surface area (Å²) in [5.41, 5.74) is 0.154. The Morgan fingerprint density at radius 3 is 2.69 bits per heavy atom. The van der Waals surface area contributed by atoms with E-state index in [1.54, 1.807) is 35.7 Å². The number of carbonyl (C=O) groups is 2. The van der Waals surface area contributed by atoms with Gasteiger partial charge < -0.3 is 19.6 Å². The second-order valence-electron chi connectivity index (χ2n) is 7.10. The number of aliphatic hydroxyl groups excluding tert-OH is 1. The van der Waals surface area contributed by atoms with Crippen molar-refractivity contribution >= 4 is 23.0 Å². The Bertz CT molecular complexity index is 938. The lowest BCUT2D eigenvalue weighted by Crippen LogP contribution is -3.14. The summed E-state index contributed by atoms with van der Waals surface area (Å²) in [5.74, 6) is -2.18. The van der Waals surface area contributed by atoms with E-state index in [4.69, 9.17) is 4.74 Å². The molecule has 1 aromatic carbocycles. The molecule has 2 aromatic rings. The molecule has 0 bridgehead atoms. The predicted octanol–water partition coefficient (Wildman–Crippen LogP) is 1.38. The van der Waals surface area contributed by atoms with Crippen LogP contribution in [-0.4, -0.2) is 61.1 Å². The van der Waals surface area contributed by atoms with E-state index in [1.165, 1.54) is 27.2 Å². The lowest BCUT2D eigenvalue weighted by Gasteiger charge is -2.30. The first-order valence-corrected chi connectivity index (χ1v) is 10.4. The molecule has 0 spiro atoms. The monoisotopic (exact) mass is 417 g/mol. The number of thiophene rings is 1. The summed E-state index contributed by atoms with van der Waals surface area (Å²) in [6, 6.07) is 8.49. The van der Waals surface area contributed by atoms with Gasteiger partial charge in [-0.2, -0.15) is 0 Å². The van der Waals surface area contributed by atoms with Crippen molar-refractivity contribution in [2.24, 2.45) is 0 Å². The minimum absolute atomic E-state index is 0.0560. The zero-order chi connectivity index (χ0) is 20.4. The van der Waals surface area contributed by atoms with Crippen LogP contribution in [0.5, 0.6) is 0 Å². The highest BCUT2D eigenvalue weighted by Gasteiger charge is 2.45. The second-order valence-corrected chi connectivity index (χ2v) is 8.05. The van der Waals surface area contributed by atoms with E-state index in [9.17, 15) is 19.1 Å². The number of halogens is 1. The summed E-state index contributed by atoms with van der Waals surface area (Å²) < 4.78 is 20.0. The number of ketones is 1. The standard InChI is InChI=1S/C21H21FN2O4S/c22-15-5-2-1-4-14(15)18-17(19(25)16-6-3-13-29-16)20(26)21(27)24(18)8-7-23-9-11-28-12-10-23/h1-6,13,18,26H,7-12H2/p+1/t18-/m0/s1. The normalized spacial score (nSPS) is 20.5. The fourth-order valence-electron chi connectivity index (χ4n) is 3.87. The fraction of sp³-hybridized carbons (Fsp3) is 0.333. The molecule has 0 radical (unpaired) electrons. The van der Waals surface area contributed by atoms with Gasteiger partial charge in [-0.3, -0.25) is 9.59 Å². The zero-order valence-electron chi connectivity index (χ0n) is 15.8. The maximum atomic E-state index is 14.7. The van der Waals surface area contributed by atoms with Crippen LogP contribution < -0.4 is 4.90 Å². The molecule has 0 aliphatic carbocycles. The van der Waals surface area contributed by atoms with Crippen molar-refractivity contribution in [1.29, 1.82) is 0 Å². The van der Waals surface area contributed by atoms with Gasteiger partial charge in [0.2, 0.25) is 5.78 Å². The third-order valence-electron chi connectivity index (χ3n) is 5.40. The average Bonchev–Trinajstić information content (AvgIpc) is 3.35. The van der Waals surface area contributed by atoms with Crippen LogP contribution in [0.15, 0.2) is 53.1 Å². The Labute approximate surface area is 171 Å². The Kier molecular flexibility index (Phi) is 5.75. The van der Waals surface area contributed by atoms with E-state index >= 15 is 0 Å². The van der Waals surface area contributed by atoms with E-state index in [-0.39, 0.29) is 11.1 Å². The topological polar surface area (TPSA) is 71.3 Å². The van der Waals surface area contributed by atoms with Crippen LogP contribution >= 0.6 is 11.3 Å². The largest absolute Gasteiger partial charge is 0.503 e. The van der Waals surface area contributed by atoms with Gasteiger partial charge in [0, 0.05) is 5.56 Å². The highest BCUT2D eigenvalue weighted by molar-refractivity contribution is 7.12. The second kappa shape index (κ2) is 8.44. The van der Waals surface area contributed by atoms with Crippen LogP contribution in [-0.2, 0) is 9.53 Å². The van der Waals surface area contributed by atoms with Crippen molar-refractivity contribution in [3.05, 3.63) is 69.4 Å². The Balaban J connectivity index is 1.68. The summed E-state index contributed by atoms with van der Waals surface area (Å²) in [4.78, 5) is 29.0. The molecule has 152 valence electrons. The van der Waals surface area contributed by atoms with Crippen LogP contribution in [0.25, 0.3) is 0 Å². The van der Waals surface area contributed by atoms with E-state index in [0.29, 0.717) is 31.2 Å². The van der Waals surface area contributed by atoms with Gasteiger partial charge >= 0.3 is 0 Å². The van der Waals surface area contributed by atoms with Gasteiger partial charge in [0.25, 0.3) is 5.91 Å². The summed E-state index contributed by atoms with van der Waals surface area (Å²) >= 11 is 1.22. The molecule has 8 heteroatoms. The Hall–Kier alpha value is -2.55. The number of morpholine rings is 1. The fourth-order valence-corrected chi connectivity index (χ4v) is 4.54. The highest BCUT2D eigenvalue weighted by Crippen LogP contribution is 2.40. The molecule has 2 aliphatic heterocycles. The molecule has 0 unspecified atom stereocenters. The zero-order valence-corrected chi connectivity index (χ0v) is 16.6. The van der Waals surface area contributed by atoms with Gasteiger partial charge in [0.05, 0.1) is 42.8 Å². The summed E-state index contributed by atoms with van der Waals surface area (Å²) in [7, 11) is 0. The molecule has 0 saturated carbocycles. The summed E-state index contributed by atoms with van der Waals surface area (Å²) in [5, 5.41) is 12.3. The Morgan fingerprint density at radius 1 is 1.24 bits per heavy atom. The molecule has 4 rings (SSSR count). The molecule has 2 N–H and O–H groups in total. The lowest BCUT2D eigenvalue weighted by molar-refractivity contribution is -0.907. The molecule has 3 heterocycles. The minimum Gasteiger partial charge on any atom is -0.503 e. The van der Waals surface area contributed by atoms with Gasteiger partial charge in [-0.15, -0.1) is 11.3 Å². The number of rotatable bonds is 6. The quantitative estimate of drug-likeness (QED) is 0.697. The number of carbonyl (C=O) groups excluding carboxylic acids is 2. The number of quaternary nitrogens is 1. The van der Waals surface area contributed by atoms with Crippen LogP contribution in [0.3, 0.4) is 0 Å². The maximum absolute atomic E-state index is 14.7. The molecule has 1 aromatic heterocycles. The van der Waals surface area contributed by atoms with Gasteiger partial charge in [-0.1, -0.05) is 24.3 Å². The lowest BCUT2D eigenvalue weighted by atomic mass is 9.95. The number of Topliss-reactive ketones (excluding diaryl/α,β-unsaturated/α-hetero) is 1. The molecular weight excluding hydrogens is 395 g/mol. The molecule has 2 aliphatic rings. The number of nitrogens with one attached hydrogen (secondary N) is 1. The number of amides is 1. The molecule has 1 fully saturated rings. The smallest absolute Gasteiger partial charge is 0.290 e. The first-order chi connectivity index (χ1) is 14.1. The first-order valence-electron chi connectivity index (χ1n) is 9.56. The molecule has 29 heavy (non-hydrogen) atoms. The van der Waals surface area contributed by atoms with Crippen LogP contribution in [0.4, 0.5) is 4.39 Å². The van der Waals surface area contributed by atoms with E-state index in [1.807, 2.05) is 0 Å². The van der Waals surface area contributed by atoms with Gasteiger partial charge in [0.1, 0.15) is 18.9 Å². The van der Waals surface area contributed by atoms with E-state index < -0.39 is 29.3 Å². The van der Waals surface area contributed by atoms with Crippen LogP contribution in [0, 0.1) is 5.82 Å². The average molecular weight is 417 g/mol. The van der Waals surface area contributed by atoms with E-state index in [0.717, 1.165) is 13.1 Å². The van der Waals surface area contributed by atoms with E-state index in [2.05, 4.69) is 0 Å². The number of nitrogens with zero attached hydrogens (tertiary/aromatic N) is 1. The summed E-state index contributed by atoms with van der Waals surface area (Å²) in [6.07, 6.45) is 0. The number of hydrogen-bond donors (Lipinski definition) is 2. The van der Waals surface area contributed by atoms with Crippen LogP contribution in [0.2, 0.25) is 0 Å². The van der Waals surface area contributed by atoms with Crippen molar-refractivity contribution in [2.75, 3.05) is 39.4 Å². The van der Waals surface area contributed by atoms with Gasteiger partial charge in [-0.25, -0.2) is 4.39 Å². The van der Waals surface area contributed by atoms with Crippen molar-refractivity contribution < 1.29 is 28.7 Å². The number of benzene rings is 1. The van der Waals surface area contributed by atoms with Crippen molar-refractivity contribution in [3.8, 4) is 0 Å². The minimum atomic E-state index is -0.946. The number of aliphatic hydroxyl groups is 1. The van der Waals surface area contributed by atoms with Gasteiger partial charge in [-0.05, 0) is 17.5 Å². The molecule has 6 nitrogen and oxygen atoms in total. The van der Waals surface area contributed by atoms with Gasteiger partial charge in [0.15, 0.2) is 5.76 Å². The summed E-state index contributed by atoms with van der Waals surface area (Å²) in [6.45, 7) is 3.91. The SMILES string of the molecule is O=C(C1=C(O)C(=O)N(CC[NH+]2CCOCC2)[C@H]1c1ccccc1F)c1cccs1. The third kappa shape index (κ3) is 3.83. The predicted molar refractivity (Wildman–Crippen MR) is 106 cm³/mol. The molecular formula is C21H22FN2O4S+. The third-order valence-corrected chi connectivity index (χ3v) is 6.27. The Morgan fingerprint density at radius 2 is 2.00 bits per heavy atom. The number of hydrogen-bond acceptors (Lipinski definition) is 5.